The Labute approximate surface area is 77.5 Å². The molecule has 1 heterocycles. The Bertz CT molecular complexity index is 148. The van der Waals surface area contributed by atoms with Crippen molar-refractivity contribution in [2.45, 2.75) is 52.6 Å². The summed E-state index contributed by atoms with van der Waals surface area (Å²) in [6, 6.07) is 0. The predicted molar refractivity (Wildman–Crippen MR) is 56.4 cm³/mol. The third-order valence-corrected chi connectivity index (χ3v) is 2.63. The molecule has 0 aromatic heterocycles. The van der Waals surface area contributed by atoms with Gasteiger partial charge in [-0.2, -0.15) is 0 Å². The van der Waals surface area contributed by atoms with Crippen LogP contribution in [0.5, 0.6) is 0 Å². The van der Waals surface area contributed by atoms with Gasteiger partial charge in [0, 0.05) is 11.1 Å². The Kier molecular flexibility index (Phi) is 3.52. The Morgan fingerprint density at radius 1 is 0.833 bits per heavy atom. The molecule has 0 atom stereocenters. The maximum atomic E-state index is 2.38. The molecule has 0 saturated heterocycles. The Morgan fingerprint density at radius 2 is 1.08 bits per heavy atom. The van der Waals surface area contributed by atoms with E-state index in [1.165, 1.54) is 0 Å². The van der Waals surface area contributed by atoms with Gasteiger partial charge in [0.05, 0.1) is 0 Å². The summed E-state index contributed by atoms with van der Waals surface area (Å²) in [5, 5.41) is 0. The zero-order chi connectivity index (χ0) is 9.99. The van der Waals surface area contributed by atoms with Gasteiger partial charge in [-0.25, -0.2) is 0 Å². The molecule has 0 bridgehead atoms. The molecule has 0 spiro atoms. The maximum absolute atomic E-state index is 2.38. The van der Waals surface area contributed by atoms with Crippen molar-refractivity contribution in [2.75, 3.05) is 7.05 Å². The van der Waals surface area contributed by atoms with Gasteiger partial charge < -0.3 is 0 Å². The van der Waals surface area contributed by atoms with Gasteiger partial charge in [-0.1, -0.05) is 26.0 Å². The third-order valence-electron chi connectivity index (χ3n) is 2.63. The molecule has 0 N–H and O–H groups in total. The van der Waals surface area contributed by atoms with Crippen molar-refractivity contribution >= 4 is 0 Å². The van der Waals surface area contributed by atoms with Gasteiger partial charge in [0.15, 0.2) is 0 Å². The lowest BCUT2D eigenvalue weighted by Crippen LogP contribution is -2.45. The van der Waals surface area contributed by atoms with Gasteiger partial charge in [0.25, 0.3) is 0 Å². The van der Waals surface area contributed by atoms with Crippen molar-refractivity contribution in [3.8, 4) is 0 Å². The summed E-state index contributed by atoms with van der Waals surface area (Å²) < 4.78 is 0. The van der Waals surface area contributed by atoms with E-state index in [1.54, 1.807) is 0 Å². The second-order valence-electron chi connectivity index (χ2n) is 4.20. The van der Waals surface area contributed by atoms with Crippen molar-refractivity contribution in [3.05, 3.63) is 12.2 Å². The smallest absolute Gasteiger partial charge is 0.0340 e. The summed E-state index contributed by atoms with van der Waals surface area (Å²) >= 11 is 0. The van der Waals surface area contributed by atoms with E-state index in [-0.39, 0.29) is 11.1 Å². The Balaban J connectivity index is 0.000000561. The first-order valence-corrected chi connectivity index (χ1v) is 4.81. The fraction of sp³-hybridized carbons (Fsp3) is 0.818. The highest BCUT2D eigenvalue weighted by atomic mass is 15.2. The molecule has 1 aliphatic rings. The zero-order valence-electron chi connectivity index (χ0n) is 9.60. The van der Waals surface area contributed by atoms with Crippen molar-refractivity contribution in [2.24, 2.45) is 0 Å². The number of rotatable bonds is 0. The second-order valence-corrected chi connectivity index (χ2v) is 4.20. The molecule has 0 aromatic carbocycles. The van der Waals surface area contributed by atoms with Crippen LogP contribution in [-0.4, -0.2) is 23.0 Å². The van der Waals surface area contributed by atoms with Gasteiger partial charge in [-0.3, -0.25) is 4.90 Å². The SMILES string of the molecule is CC.CN1C(C)(C)C=CC1(C)C. The van der Waals surface area contributed by atoms with Crippen LogP contribution < -0.4 is 0 Å². The quantitative estimate of drug-likeness (QED) is 0.504. The molecule has 1 rings (SSSR count). The van der Waals surface area contributed by atoms with Crippen molar-refractivity contribution < 1.29 is 0 Å². The molecule has 1 nitrogen and oxygen atoms in total. The van der Waals surface area contributed by atoms with E-state index in [0.29, 0.717) is 0 Å². The van der Waals surface area contributed by atoms with E-state index in [0.717, 1.165) is 0 Å². The van der Waals surface area contributed by atoms with E-state index < -0.39 is 0 Å². The molecule has 12 heavy (non-hydrogen) atoms. The first kappa shape index (κ1) is 11.7. The standard InChI is InChI=1S/C9H17N.C2H6/c1-8(2)6-7-9(3,4)10(8)5;1-2/h6-7H,1-5H3;1-2H3. The van der Waals surface area contributed by atoms with Crippen LogP contribution >= 0.6 is 0 Å². The number of nitrogens with zero attached hydrogens (tertiary/aromatic N) is 1. The molecule has 0 amide bonds. The molecule has 0 radical (unpaired) electrons. The summed E-state index contributed by atoms with van der Waals surface area (Å²) in [5.41, 5.74) is 0.479. The van der Waals surface area contributed by atoms with Crippen molar-refractivity contribution in [1.82, 2.24) is 4.90 Å². The van der Waals surface area contributed by atoms with Crippen LogP contribution in [0.25, 0.3) is 0 Å². The first-order chi connectivity index (χ1) is 5.36. The van der Waals surface area contributed by atoms with Gasteiger partial charge in [-0.05, 0) is 34.7 Å². The van der Waals surface area contributed by atoms with E-state index in [4.69, 9.17) is 0 Å². The first-order valence-electron chi connectivity index (χ1n) is 4.81. The Morgan fingerprint density at radius 3 is 1.17 bits per heavy atom. The molecule has 72 valence electrons. The molecule has 0 fully saturated rings. The minimum absolute atomic E-state index is 0.240. The van der Waals surface area contributed by atoms with E-state index in [1.807, 2.05) is 13.8 Å². The van der Waals surface area contributed by atoms with Crippen LogP contribution in [0.1, 0.15) is 41.5 Å². The molecular formula is C11H23N. The summed E-state index contributed by atoms with van der Waals surface area (Å²) in [7, 11) is 2.17. The summed E-state index contributed by atoms with van der Waals surface area (Å²) in [6.07, 6.45) is 4.54. The molecule has 0 aromatic rings. The summed E-state index contributed by atoms with van der Waals surface area (Å²) in [5.74, 6) is 0. The molecular weight excluding hydrogens is 146 g/mol. The minimum Gasteiger partial charge on any atom is -0.289 e. The van der Waals surface area contributed by atoms with Gasteiger partial charge in [-0.15, -0.1) is 0 Å². The average Bonchev–Trinajstić information content (AvgIpc) is 2.19. The van der Waals surface area contributed by atoms with E-state index in [2.05, 4.69) is 51.8 Å². The predicted octanol–water partition coefficient (Wildman–Crippen LogP) is 3.07. The van der Waals surface area contributed by atoms with Crippen LogP contribution in [0.3, 0.4) is 0 Å². The maximum Gasteiger partial charge on any atom is 0.0340 e. The molecule has 0 unspecified atom stereocenters. The van der Waals surface area contributed by atoms with E-state index in [9.17, 15) is 0 Å². The highest BCUT2D eigenvalue weighted by molar-refractivity contribution is 5.19. The lowest BCUT2D eigenvalue weighted by molar-refractivity contribution is 0.134. The van der Waals surface area contributed by atoms with Gasteiger partial charge in [0.2, 0.25) is 0 Å². The summed E-state index contributed by atoms with van der Waals surface area (Å²) in [6.45, 7) is 12.9. The number of hydrogen-bond acceptors (Lipinski definition) is 1. The van der Waals surface area contributed by atoms with Crippen LogP contribution in [0.15, 0.2) is 12.2 Å². The normalized spacial score (nSPS) is 24.9. The number of likely N-dealkylation sites (N-methyl/N-ethyl adjacent to an activating group) is 1. The minimum atomic E-state index is 0.240. The highest BCUT2D eigenvalue weighted by Gasteiger charge is 2.36. The van der Waals surface area contributed by atoms with Crippen molar-refractivity contribution in [1.29, 1.82) is 0 Å². The largest absolute Gasteiger partial charge is 0.289 e. The molecule has 1 aliphatic heterocycles. The monoisotopic (exact) mass is 169 g/mol. The van der Waals surface area contributed by atoms with Crippen LogP contribution in [0.2, 0.25) is 0 Å². The third kappa shape index (κ3) is 2.10. The average molecular weight is 169 g/mol. The van der Waals surface area contributed by atoms with Crippen LogP contribution in [0, 0.1) is 0 Å². The zero-order valence-corrected chi connectivity index (χ0v) is 9.60. The molecule has 0 aliphatic carbocycles. The number of hydrogen-bond donors (Lipinski definition) is 0. The van der Waals surface area contributed by atoms with E-state index >= 15 is 0 Å². The van der Waals surface area contributed by atoms with Crippen molar-refractivity contribution in [3.63, 3.8) is 0 Å². The fourth-order valence-electron chi connectivity index (χ4n) is 1.37. The topological polar surface area (TPSA) is 3.24 Å². The van der Waals surface area contributed by atoms with Gasteiger partial charge >= 0.3 is 0 Å². The fourth-order valence-corrected chi connectivity index (χ4v) is 1.37. The van der Waals surface area contributed by atoms with Gasteiger partial charge in [0.1, 0.15) is 0 Å². The second kappa shape index (κ2) is 3.61. The Hall–Kier alpha value is -0.300. The lowest BCUT2D eigenvalue weighted by Gasteiger charge is -2.37. The summed E-state index contributed by atoms with van der Waals surface area (Å²) in [4.78, 5) is 2.38. The highest BCUT2D eigenvalue weighted by Crippen LogP contribution is 2.31. The van der Waals surface area contributed by atoms with Crippen LogP contribution in [0.4, 0.5) is 0 Å². The van der Waals surface area contributed by atoms with Crippen LogP contribution in [-0.2, 0) is 0 Å². The lowest BCUT2D eigenvalue weighted by atomic mass is 10.0. The molecule has 1 heteroatoms. The molecule has 0 saturated carbocycles.